The number of rotatable bonds is 10. The summed E-state index contributed by atoms with van der Waals surface area (Å²) in [6.45, 7) is 3.79. The Kier molecular flexibility index (Phi) is 10.8. The molecule has 0 spiro atoms. The highest BCUT2D eigenvalue weighted by Crippen LogP contribution is 2.12. The zero-order valence-corrected chi connectivity index (χ0v) is 9.11. The SMILES string of the molecule is [CH2]CCCCCCCCCCC(F)F. The molecule has 0 saturated heterocycles. The Morgan fingerprint density at radius 3 is 1.57 bits per heavy atom. The van der Waals surface area contributed by atoms with Crippen molar-refractivity contribution < 1.29 is 8.78 Å². The molecule has 85 valence electrons. The fourth-order valence-corrected chi connectivity index (χ4v) is 1.54. The Morgan fingerprint density at radius 1 is 0.714 bits per heavy atom. The molecule has 0 aliphatic carbocycles. The Hall–Kier alpha value is -0.140. The van der Waals surface area contributed by atoms with Crippen molar-refractivity contribution in [2.45, 2.75) is 70.6 Å². The summed E-state index contributed by atoms with van der Waals surface area (Å²) < 4.78 is 23.5. The smallest absolute Gasteiger partial charge is 0.211 e. The van der Waals surface area contributed by atoms with Crippen molar-refractivity contribution in [1.29, 1.82) is 0 Å². The Balaban J connectivity index is 2.85. The van der Waals surface area contributed by atoms with E-state index in [1.807, 2.05) is 0 Å². The van der Waals surface area contributed by atoms with Crippen molar-refractivity contribution in [3.05, 3.63) is 6.92 Å². The van der Waals surface area contributed by atoms with Gasteiger partial charge in [0.25, 0.3) is 0 Å². The van der Waals surface area contributed by atoms with Crippen molar-refractivity contribution in [3.63, 3.8) is 0 Å². The lowest BCUT2D eigenvalue weighted by atomic mass is 10.1. The quantitative estimate of drug-likeness (QED) is 0.441. The summed E-state index contributed by atoms with van der Waals surface area (Å²) in [6, 6.07) is 0. The summed E-state index contributed by atoms with van der Waals surface area (Å²) in [4.78, 5) is 0. The third-order valence-electron chi connectivity index (χ3n) is 2.42. The van der Waals surface area contributed by atoms with Crippen LogP contribution in [0.3, 0.4) is 0 Å². The normalized spacial score (nSPS) is 11.1. The van der Waals surface area contributed by atoms with Crippen molar-refractivity contribution >= 4 is 0 Å². The topological polar surface area (TPSA) is 0 Å². The summed E-state index contributed by atoms with van der Waals surface area (Å²) in [5, 5.41) is 0. The van der Waals surface area contributed by atoms with Gasteiger partial charge in [0, 0.05) is 6.42 Å². The van der Waals surface area contributed by atoms with Crippen LogP contribution < -0.4 is 0 Å². The maximum atomic E-state index is 11.7. The van der Waals surface area contributed by atoms with Crippen LogP contribution in [-0.4, -0.2) is 6.43 Å². The second kappa shape index (κ2) is 10.9. The molecule has 0 aromatic heterocycles. The van der Waals surface area contributed by atoms with Gasteiger partial charge in [-0.25, -0.2) is 8.78 Å². The van der Waals surface area contributed by atoms with E-state index in [2.05, 4.69) is 6.92 Å². The molecule has 0 N–H and O–H groups in total. The number of alkyl halides is 2. The number of unbranched alkanes of at least 4 members (excludes halogenated alkanes) is 8. The van der Waals surface area contributed by atoms with Gasteiger partial charge >= 0.3 is 0 Å². The third-order valence-corrected chi connectivity index (χ3v) is 2.42. The van der Waals surface area contributed by atoms with Crippen molar-refractivity contribution in [1.82, 2.24) is 0 Å². The first-order valence-electron chi connectivity index (χ1n) is 5.84. The Bertz CT molecular complexity index is 102. The zero-order chi connectivity index (χ0) is 10.6. The van der Waals surface area contributed by atoms with E-state index < -0.39 is 6.43 Å². The fourth-order valence-electron chi connectivity index (χ4n) is 1.54. The molecule has 0 rings (SSSR count). The van der Waals surface area contributed by atoms with Gasteiger partial charge in [0.2, 0.25) is 6.43 Å². The molecule has 0 amide bonds. The molecule has 0 nitrogen and oxygen atoms in total. The number of hydrogen-bond donors (Lipinski definition) is 0. The van der Waals surface area contributed by atoms with Crippen LogP contribution in [-0.2, 0) is 0 Å². The van der Waals surface area contributed by atoms with E-state index in [-0.39, 0.29) is 6.42 Å². The molecule has 0 aromatic carbocycles. The zero-order valence-electron chi connectivity index (χ0n) is 9.11. The van der Waals surface area contributed by atoms with Crippen molar-refractivity contribution in [2.75, 3.05) is 0 Å². The molecule has 0 atom stereocenters. The maximum absolute atomic E-state index is 11.7. The van der Waals surface area contributed by atoms with E-state index >= 15 is 0 Å². The summed E-state index contributed by atoms with van der Waals surface area (Å²) in [5.74, 6) is 0. The van der Waals surface area contributed by atoms with E-state index in [1.165, 1.54) is 32.1 Å². The van der Waals surface area contributed by atoms with E-state index in [9.17, 15) is 8.78 Å². The lowest BCUT2D eigenvalue weighted by molar-refractivity contribution is 0.133. The standard InChI is InChI=1S/C12H23F2/c1-2-3-4-5-6-7-8-9-10-11-12(13)14/h12H,1-11H2. The summed E-state index contributed by atoms with van der Waals surface area (Å²) in [7, 11) is 0. The highest BCUT2D eigenvalue weighted by atomic mass is 19.3. The monoisotopic (exact) mass is 205 g/mol. The van der Waals surface area contributed by atoms with E-state index in [0.717, 1.165) is 19.3 Å². The molecule has 0 unspecified atom stereocenters. The first kappa shape index (κ1) is 13.9. The van der Waals surface area contributed by atoms with Gasteiger partial charge in [0.1, 0.15) is 0 Å². The molecule has 0 aliphatic rings. The van der Waals surface area contributed by atoms with Gasteiger partial charge in [-0.15, -0.1) is 0 Å². The van der Waals surface area contributed by atoms with E-state index in [4.69, 9.17) is 0 Å². The molecular weight excluding hydrogens is 182 g/mol. The van der Waals surface area contributed by atoms with Crippen LogP contribution in [0.2, 0.25) is 0 Å². The Labute approximate surface area is 87.1 Å². The summed E-state index contributed by atoms with van der Waals surface area (Å²) >= 11 is 0. The Morgan fingerprint density at radius 2 is 1.14 bits per heavy atom. The van der Waals surface area contributed by atoms with Crippen LogP contribution in [0, 0.1) is 6.92 Å². The van der Waals surface area contributed by atoms with Gasteiger partial charge in [0.05, 0.1) is 0 Å². The number of hydrogen-bond acceptors (Lipinski definition) is 0. The van der Waals surface area contributed by atoms with E-state index in [1.54, 1.807) is 0 Å². The molecule has 0 fully saturated rings. The van der Waals surface area contributed by atoms with Crippen LogP contribution in [0.15, 0.2) is 0 Å². The lowest BCUT2D eigenvalue weighted by Crippen LogP contribution is -1.89. The number of halogens is 2. The first-order chi connectivity index (χ1) is 6.77. The van der Waals surface area contributed by atoms with E-state index in [0.29, 0.717) is 6.42 Å². The molecule has 0 bridgehead atoms. The van der Waals surface area contributed by atoms with Crippen LogP contribution in [0.1, 0.15) is 64.2 Å². The fraction of sp³-hybridized carbons (Fsp3) is 0.917. The average molecular weight is 205 g/mol. The average Bonchev–Trinajstić information content (AvgIpc) is 2.15. The minimum atomic E-state index is -2.10. The minimum Gasteiger partial charge on any atom is -0.211 e. The molecule has 2 heteroatoms. The summed E-state index contributed by atoms with van der Waals surface area (Å²) in [6.07, 6.45) is 8.06. The van der Waals surface area contributed by atoms with Gasteiger partial charge in [-0.2, -0.15) is 0 Å². The molecule has 0 aromatic rings. The minimum absolute atomic E-state index is 0.0848. The van der Waals surface area contributed by atoms with Gasteiger partial charge < -0.3 is 0 Å². The van der Waals surface area contributed by atoms with Crippen LogP contribution >= 0.6 is 0 Å². The highest BCUT2D eigenvalue weighted by molar-refractivity contribution is 4.49. The van der Waals surface area contributed by atoms with Gasteiger partial charge in [-0.05, 0) is 6.42 Å². The van der Waals surface area contributed by atoms with Crippen molar-refractivity contribution in [3.8, 4) is 0 Å². The van der Waals surface area contributed by atoms with Gasteiger partial charge in [-0.3, -0.25) is 0 Å². The largest absolute Gasteiger partial charge is 0.238 e. The third kappa shape index (κ3) is 11.9. The van der Waals surface area contributed by atoms with Crippen molar-refractivity contribution in [2.24, 2.45) is 0 Å². The molecule has 0 heterocycles. The van der Waals surface area contributed by atoms with Crippen LogP contribution in [0.25, 0.3) is 0 Å². The molecule has 1 radical (unpaired) electrons. The van der Waals surface area contributed by atoms with Crippen LogP contribution in [0.5, 0.6) is 0 Å². The predicted molar refractivity (Wildman–Crippen MR) is 57.5 cm³/mol. The first-order valence-corrected chi connectivity index (χ1v) is 5.84. The predicted octanol–water partition coefficient (Wildman–Crippen LogP) is 4.99. The van der Waals surface area contributed by atoms with Gasteiger partial charge in [-0.1, -0.05) is 58.3 Å². The van der Waals surface area contributed by atoms with Crippen LogP contribution in [0.4, 0.5) is 8.78 Å². The summed E-state index contributed by atoms with van der Waals surface area (Å²) in [5.41, 5.74) is 0. The van der Waals surface area contributed by atoms with Gasteiger partial charge in [0.15, 0.2) is 0 Å². The lowest BCUT2D eigenvalue weighted by Gasteiger charge is -2.01. The molecule has 0 saturated carbocycles. The molecular formula is C12H23F2. The highest BCUT2D eigenvalue weighted by Gasteiger charge is 2.00. The molecule has 0 aliphatic heterocycles. The second-order valence-electron chi connectivity index (χ2n) is 3.86. The maximum Gasteiger partial charge on any atom is 0.238 e. The second-order valence-corrected chi connectivity index (χ2v) is 3.86. The molecule has 14 heavy (non-hydrogen) atoms.